The monoisotopic (exact) mass is 190 g/mol. The Balaban J connectivity index is 2.99. The van der Waals surface area contributed by atoms with Crippen LogP contribution in [0.3, 0.4) is 0 Å². The lowest BCUT2D eigenvalue weighted by Gasteiger charge is -2.05. The zero-order valence-electron chi connectivity index (χ0n) is 7.77. The highest BCUT2D eigenvalue weighted by atomic mass is 16.1. The van der Waals surface area contributed by atoms with Gasteiger partial charge in [-0.25, -0.2) is 9.97 Å². The van der Waals surface area contributed by atoms with E-state index >= 15 is 0 Å². The molecule has 0 radical (unpaired) electrons. The molecular weight excluding hydrogens is 180 g/mol. The smallest absolute Gasteiger partial charge is 0.192 e. The maximum absolute atomic E-state index is 11.6. The van der Waals surface area contributed by atoms with Crippen molar-refractivity contribution in [3.8, 4) is 0 Å². The van der Waals surface area contributed by atoms with E-state index in [1.54, 1.807) is 10.8 Å². The highest BCUT2D eigenvalue weighted by molar-refractivity contribution is 5.76. The van der Waals surface area contributed by atoms with Crippen LogP contribution in [-0.2, 0) is 13.6 Å². The quantitative estimate of drug-likeness (QED) is 0.675. The molecule has 72 valence electrons. The van der Waals surface area contributed by atoms with Gasteiger partial charge in [0.25, 0.3) is 0 Å². The van der Waals surface area contributed by atoms with E-state index in [-0.39, 0.29) is 12.0 Å². The SMILES string of the molecule is Cn1ccc(=O)c2c(CN)ncnc21. The molecule has 0 fully saturated rings. The Kier molecular flexibility index (Phi) is 2.01. The third-order valence-electron chi connectivity index (χ3n) is 2.13. The molecule has 0 aliphatic heterocycles. The lowest BCUT2D eigenvalue weighted by atomic mass is 10.2. The summed E-state index contributed by atoms with van der Waals surface area (Å²) in [4.78, 5) is 19.6. The van der Waals surface area contributed by atoms with Gasteiger partial charge in [0.2, 0.25) is 0 Å². The molecule has 0 aromatic carbocycles. The number of hydrogen-bond acceptors (Lipinski definition) is 4. The van der Waals surface area contributed by atoms with E-state index in [0.29, 0.717) is 16.7 Å². The van der Waals surface area contributed by atoms with Crippen LogP contribution >= 0.6 is 0 Å². The average molecular weight is 190 g/mol. The molecule has 14 heavy (non-hydrogen) atoms. The van der Waals surface area contributed by atoms with Gasteiger partial charge in [0.05, 0.1) is 11.1 Å². The first-order chi connectivity index (χ1) is 6.74. The van der Waals surface area contributed by atoms with Gasteiger partial charge in [-0.1, -0.05) is 0 Å². The minimum Gasteiger partial charge on any atom is -0.335 e. The second kappa shape index (κ2) is 3.19. The first kappa shape index (κ1) is 8.83. The van der Waals surface area contributed by atoms with E-state index in [0.717, 1.165) is 0 Å². The number of aromatic nitrogens is 3. The standard InChI is InChI=1S/C9H10N4O/c1-13-3-2-7(14)8-6(4-10)11-5-12-9(8)13/h2-3,5H,4,10H2,1H3. The van der Waals surface area contributed by atoms with Gasteiger partial charge in [-0.2, -0.15) is 0 Å². The van der Waals surface area contributed by atoms with Crippen molar-refractivity contribution in [1.29, 1.82) is 0 Å². The summed E-state index contributed by atoms with van der Waals surface area (Å²) in [6, 6.07) is 1.49. The van der Waals surface area contributed by atoms with Gasteiger partial charge in [0.1, 0.15) is 12.0 Å². The summed E-state index contributed by atoms with van der Waals surface area (Å²) >= 11 is 0. The zero-order chi connectivity index (χ0) is 10.1. The molecule has 0 amide bonds. The summed E-state index contributed by atoms with van der Waals surface area (Å²) in [5.41, 5.74) is 6.62. The zero-order valence-corrected chi connectivity index (χ0v) is 7.77. The summed E-state index contributed by atoms with van der Waals surface area (Å²) in [7, 11) is 1.83. The summed E-state index contributed by atoms with van der Waals surface area (Å²) in [5, 5.41) is 0.514. The molecule has 0 bridgehead atoms. The van der Waals surface area contributed by atoms with Gasteiger partial charge in [-0.3, -0.25) is 4.79 Å². The lowest BCUT2D eigenvalue weighted by molar-refractivity contribution is 0.905. The predicted octanol–water partition coefficient (Wildman–Crippen LogP) is -0.213. The van der Waals surface area contributed by atoms with E-state index in [4.69, 9.17) is 5.73 Å². The largest absolute Gasteiger partial charge is 0.335 e. The van der Waals surface area contributed by atoms with E-state index in [1.807, 2.05) is 7.05 Å². The van der Waals surface area contributed by atoms with Gasteiger partial charge < -0.3 is 10.3 Å². The molecule has 5 nitrogen and oxygen atoms in total. The summed E-state index contributed by atoms with van der Waals surface area (Å²) in [5.74, 6) is 0. The van der Waals surface area contributed by atoms with Crippen molar-refractivity contribution in [2.24, 2.45) is 12.8 Å². The van der Waals surface area contributed by atoms with Gasteiger partial charge in [0, 0.05) is 25.9 Å². The number of nitrogens with two attached hydrogens (primary N) is 1. The van der Waals surface area contributed by atoms with Crippen LogP contribution in [0.2, 0.25) is 0 Å². The van der Waals surface area contributed by atoms with Crippen molar-refractivity contribution in [2.75, 3.05) is 0 Å². The predicted molar refractivity (Wildman–Crippen MR) is 52.7 cm³/mol. The Morgan fingerprint density at radius 2 is 2.29 bits per heavy atom. The fourth-order valence-corrected chi connectivity index (χ4v) is 1.42. The molecule has 0 aliphatic carbocycles. The topological polar surface area (TPSA) is 73.8 Å². The first-order valence-corrected chi connectivity index (χ1v) is 4.23. The molecule has 2 aromatic heterocycles. The number of pyridine rings is 1. The van der Waals surface area contributed by atoms with Crippen LogP contribution < -0.4 is 11.2 Å². The fourth-order valence-electron chi connectivity index (χ4n) is 1.42. The Hall–Kier alpha value is -1.75. The summed E-state index contributed by atoms with van der Waals surface area (Å²) in [6.07, 6.45) is 3.10. The van der Waals surface area contributed by atoms with Crippen molar-refractivity contribution in [2.45, 2.75) is 6.54 Å². The first-order valence-electron chi connectivity index (χ1n) is 4.23. The van der Waals surface area contributed by atoms with Gasteiger partial charge in [-0.05, 0) is 0 Å². The van der Waals surface area contributed by atoms with Crippen molar-refractivity contribution >= 4 is 11.0 Å². The van der Waals surface area contributed by atoms with Crippen LogP contribution in [0.4, 0.5) is 0 Å². The molecule has 0 atom stereocenters. The molecule has 2 heterocycles. The highest BCUT2D eigenvalue weighted by Crippen LogP contribution is 2.07. The molecule has 2 rings (SSSR count). The van der Waals surface area contributed by atoms with E-state index in [1.165, 1.54) is 12.4 Å². The number of nitrogens with zero attached hydrogens (tertiary/aromatic N) is 3. The molecule has 2 aromatic rings. The van der Waals surface area contributed by atoms with Crippen LogP contribution in [0.1, 0.15) is 5.69 Å². The third-order valence-corrected chi connectivity index (χ3v) is 2.13. The highest BCUT2D eigenvalue weighted by Gasteiger charge is 2.06. The second-order valence-electron chi connectivity index (χ2n) is 3.01. The molecule has 0 spiro atoms. The molecule has 0 aliphatic rings. The molecule has 2 N–H and O–H groups in total. The van der Waals surface area contributed by atoms with Gasteiger partial charge in [0.15, 0.2) is 5.43 Å². The molecular formula is C9H10N4O. The van der Waals surface area contributed by atoms with Crippen molar-refractivity contribution < 1.29 is 0 Å². The van der Waals surface area contributed by atoms with Crippen LogP contribution in [-0.4, -0.2) is 14.5 Å². The Morgan fingerprint density at radius 3 is 3.00 bits per heavy atom. The minimum atomic E-state index is -0.0841. The minimum absolute atomic E-state index is 0.0841. The summed E-state index contributed by atoms with van der Waals surface area (Å²) in [6.45, 7) is 0.248. The number of hydrogen-bond donors (Lipinski definition) is 1. The number of aryl methyl sites for hydroxylation is 1. The number of fused-ring (bicyclic) bond motifs is 1. The van der Waals surface area contributed by atoms with E-state index in [2.05, 4.69) is 9.97 Å². The maximum atomic E-state index is 11.6. The molecule has 5 heteroatoms. The molecule has 0 saturated carbocycles. The van der Waals surface area contributed by atoms with Gasteiger partial charge >= 0.3 is 0 Å². The van der Waals surface area contributed by atoms with Crippen LogP contribution in [0.5, 0.6) is 0 Å². The fraction of sp³-hybridized carbons (Fsp3) is 0.222. The average Bonchev–Trinajstić information content (AvgIpc) is 2.23. The lowest BCUT2D eigenvalue weighted by Crippen LogP contribution is -2.12. The molecule has 0 saturated heterocycles. The van der Waals surface area contributed by atoms with E-state index in [9.17, 15) is 4.79 Å². The Bertz CT molecular complexity index is 532. The molecule has 0 unspecified atom stereocenters. The van der Waals surface area contributed by atoms with Crippen LogP contribution in [0, 0.1) is 0 Å². The van der Waals surface area contributed by atoms with Crippen molar-refractivity contribution in [3.05, 3.63) is 34.5 Å². The Labute approximate surface area is 80.2 Å². The maximum Gasteiger partial charge on any atom is 0.192 e. The van der Waals surface area contributed by atoms with Crippen LogP contribution in [0.25, 0.3) is 11.0 Å². The Morgan fingerprint density at radius 1 is 1.50 bits per heavy atom. The van der Waals surface area contributed by atoms with Crippen molar-refractivity contribution in [3.63, 3.8) is 0 Å². The van der Waals surface area contributed by atoms with E-state index < -0.39 is 0 Å². The second-order valence-corrected chi connectivity index (χ2v) is 3.01. The van der Waals surface area contributed by atoms with Crippen LogP contribution in [0.15, 0.2) is 23.4 Å². The normalized spacial score (nSPS) is 10.7. The van der Waals surface area contributed by atoms with Crippen molar-refractivity contribution in [1.82, 2.24) is 14.5 Å². The number of rotatable bonds is 1. The third kappa shape index (κ3) is 1.18. The summed E-state index contributed by atoms with van der Waals surface area (Å²) < 4.78 is 1.78. The van der Waals surface area contributed by atoms with Gasteiger partial charge in [-0.15, -0.1) is 0 Å².